The SMILES string of the molecule is O=C1COc2ccc([N+](=O)[O-])cc2N1Cc1ccccn1. The first-order valence-electron chi connectivity index (χ1n) is 6.26. The van der Waals surface area contributed by atoms with E-state index in [2.05, 4.69) is 4.98 Å². The minimum absolute atomic E-state index is 0.0851. The number of benzene rings is 1. The van der Waals surface area contributed by atoms with Crippen LogP contribution in [0.3, 0.4) is 0 Å². The molecule has 0 bridgehead atoms. The van der Waals surface area contributed by atoms with Gasteiger partial charge in [-0.1, -0.05) is 6.07 Å². The summed E-state index contributed by atoms with van der Waals surface area (Å²) in [5.41, 5.74) is 1.01. The van der Waals surface area contributed by atoms with Crippen LogP contribution in [0.4, 0.5) is 11.4 Å². The molecule has 2 heterocycles. The van der Waals surface area contributed by atoms with Crippen molar-refractivity contribution in [2.75, 3.05) is 11.5 Å². The number of fused-ring (bicyclic) bond motifs is 1. The number of ether oxygens (including phenoxy) is 1. The van der Waals surface area contributed by atoms with Crippen molar-refractivity contribution < 1.29 is 14.5 Å². The van der Waals surface area contributed by atoms with Crippen LogP contribution in [0.1, 0.15) is 5.69 Å². The number of nitrogens with zero attached hydrogens (tertiary/aromatic N) is 3. The molecule has 0 N–H and O–H groups in total. The molecule has 0 aliphatic carbocycles. The fourth-order valence-electron chi connectivity index (χ4n) is 2.13. The van der Waals surface area contributed by atoms with Gasteiger partial charge in [-0.25, -0.2) is 0 Å². The van der Waals surface area contributed by atoms with E-state index >= 15 is 0 Å². The number of nitro benzene ring substituents is 1. The Bertz CT molecular complexity index is 703. The zero-order valence-electron chi connectivity index (χ0n) is 10.9. The maximum absolute atomic E-state index is 12.0. The van der Waals surface area contributed by atoms with Crippen LogP contribution in [0, 0.1) is 10.1 Å². The second kappa shape index (κ2) is 5.20. The van der Waals surface area contributed by atoms with Crippen molar-refractivity contribution in [1.82, 2.24) is 4.98 Å². The van der Waals surface area contributed by atoms with Gasteiger partial charge in [0.2, 0.25) is 0 Å². The van der Waals surface area contributed by atoms with Crippen LogP contribution in [0.25, 0.3) is 0 Å². The van der Waals surface area contributed by atoms with Gasteiger partial charge in [0, 0.05) is 18.3 Å². The van der Waals surface area contributed by atoms with Gasteiger partial charge in [-0.15, -0.1) is 0 Å². The predicted octanol–water partition coefficient (Wildman–Crippen LogP) is 1.92. The van der Waals surface area contributed by atoms with Crippen molar-refractivity contribution in [1.29, 1.82) is 0 Å². The number of non-ortho nitro benzene ring substituents is 1. The van der Waals surface area contributed by atoms with Gasteiger partial charge in [0.05, 0.1) is 22.8 Å². The minimum atomic E-state index is -0.502. The lowest BCUT2D eigenvalue weighted by Gasteiger charge is -2.28. The lowest BCUT2D eigenvalue weighted by Crippen LogP contribution is -2.38. The van der Waals surface area contributed by atoms with Gasteiger partial charge in [-0.2, -0.15) is 0 Å². The second-order valence-corrected chi connectivity index (χ2v) is 4.50. The highest BCUT2D eigenvalue weighted by molar-refractivity contribution is 5.98. The Kier molecular flexibility index (Phi) is 3.23. The molecular formula is C14H11N3O4. The summed E-state index contributed by atoms with van der Waals surface area (Å²) >= 11 is 0. The van der Waals surface area contributed by atoms with Crippen molar-refractivity contribution in [3.63, 3.8) is 0 Å². The normalized spacial score (nSPS) is 13.5. The molecule has 106 valence electrons. The van der Waals surface area contributed by atoms with Gasteiger partial charge < -0.3 is 4.74 Å². The van der Waals surface area contributed by atoms with Crippen molar-refractivity contribution in [3.05, 3.63) is 58.4 Å². The Hall–Kier alpha value is -2.96. The highest BCUT2D eigenvalue weighted by atomic mass is 16.6. The average Bonchev–Trinajstić information content (AvgIpc) is 2.50. The van der Waals surface area contributed by atoms with E-state index in [1.165, 1.54) is 23.1 Å². The number of nitro groups is 1. The summed E-state index contributed by atoms with van der Waals surface area (Å²) in [5, 5.41) is 10.9. The quantitative estimate of drug-likeness (QED) is 0.635. The molecule has 3 rings (SSSR count). The molecule has 1 aliphatic heterocycles. The molecule has 1 aromatic carbocycles. The summed E-state index contributed by atoms with van der Waals surface area (Å²) in [4.78, 5) is 28.0. The molecule has 0 fully saturated rings. The number of aromatic nitrogens is 1. The fourth-order valence-corrected chi connectivity index (χ4v) is 2.13. The van der Waals surface area contributed by atoms with Crippen LogP contribution in [-0.4, -0.2) is 22.4 Å². The van der Waals surface area contributed by atoms with Gasteiger partial charge in [0.15, 0.2) is 6.61 Å². The molecule has 0 unspecified atom stereocenters. The average molecular weight is 285 g/mol. The summed E-state index contributed by atoms with van der Waals surface area (Å²) in [6.45, 7) is 0.162. The molecule has 0 radical (unpaired) electrons. The third-order valence-electron chi connectivity index (χ3n) is 3.14. The molecule has 21 heavy (non-hydrogen) atoms. The standard InChI is InChI=1S/C14H11N3O4/c18-14-9-21-13-5-4-11(17(19)20)7-12(13)16(14)8-10-3-1-2-6-15-10/h1-7H,8-9H2. The largest absolute Gasteiger partial charge is 0.482 e. The first kappa shape index (κ1) is 13.0. The van der Waals surface area contributed by atoms with E-state index in [0.29, 0.717) is 17.1 Å². The molecule has 1 amide bonds. The maximum atomic E-state index is 12.0. The van der Waals surface area contributed by atoms with Crippen LogP contribution in [0.2, 0.25) is 0 Å². The van der Waals surface area contributed by atoms with E-state index < -0.39 is 4.92 Å². The molecular weight excluding hydrogens is 274 g/mol. The van der Waals surface area contributed by atoms with Crippen LogP contribution in [0.15, 0.2) is 42.6 Å². The molecule has 7 nitrogen and oxygen atoms in total. The second-order valence-electron chi connectivity index (χ2n) is 4.50. The van der Waals surface area contributed by atoms with Crippen molar-refractivity contribution in [2.45, 2.75) is 6.54 Å². The van der Waals surface area contributed by atoms with Gasteiger partial charge >= 0.3 is 0 Å². The number of pyridine rings is 1. The molecule has 0 spiro atoms. The van der Waals surface area contributed by atoms with E-state index in [1.54, 1.807) is 18.3 Å². The lowest BCUT2D eigenvalue weighted by molar-refractivity contribution is -0.384. The topological polar surface area (TPSA) is 85.6 Å². The number of rotatable bonds is 3. The number of anilines is 1. The molecule has 1 aliphatic rings. The van der Waals surface area contributed by atoms with Crippen molar-refractivity contribution >= 4 is 17.3 Å². The van der Waals surface area contributed by atoms with Crippen molar-refractivity contribution in [2.24, 2.45) is 0 Å². The molecule has 0 saturated carbocycles. The third-order valence-corrected chi connectivity index (χ3v) is 3.14. The Morgan fingerprint density at radius 3 is 2.90 bits per heavy atom. The van der Waals surface area contributed by atoms with Gasteiger partial charge in [-0.3, -0.25) is 24.8 Å². The van der Waals surface area contributed by atoms with E-state index in [4.69, 9.17) is 4.74 Å². The number of carbonyl (C=O) groups excluding carboxylic acids is 1. The van der Waals surface area contributed by atoms with E-state index in [9.17, 15) is 14.9 Å². The summed E-state index contributed by atoms with van der Waals surface area (Å²) in [5.74, 6) is 0.199. The predicted molar refractivity (Wildman–Crippen MR) is 74.0 cm³/mol. The summed E-state index contributed by atoms with van der Waals surface area (Å²) in [6.07, 6.45) is 1.63. The van der Waals surface area contributed by atoms with Crippen LogP contribution in [0.5, 0.6) is 5.75 Å². The molecule has 2 aromatic rings. The molecule has 0 atom stereocenters. The van der Waals surface area contributed by atoms with E-state index in [-0.39, 0.29) is 24.7 Å². The number of hydrogen-bond donors (Lipinski definition) is 0. The first-order chi connectivity index (χ1) is 10.1. The van der Waals surface area contributed by atoms with E-state index in [1.807, 2.05) is 6.07 Å². The molecule has 0 saturated heterocycles. The fraction of sp³-hybridized carbons (Fsp3) is 0.143. The Morgan fingerprint density at radius 2 is 2.19 bits per heavy atom. The molecule has 7 heteroatoms. The monoisotopic (exact) mass is 285 g/mol. The Morgan fingerprint density at radius 1 is 1.33 bits per heavy atom. The smallest absolute Gasteiger partial charge is 0.271 e. The summed E-state index contributed by atoms with van der Waals surface area (Å²) in [7, 11) is 0. The van der Waals surface area contributed by atoms with Crippen molar-refractivity contribution in [3.8, 4) is 5.75 Å². The zero-order chi connectivity index (χ0) is 14.8. The highest BCUT2D eigenvalue weighted by Crippen LogP contribution is 2.35. The third kappa shape index (κ3) is 2.53. The van der Waals surface area contributed by atoms with Gasteiger partial charge in [0.25, 0.3) is 11.6 Å². The minimum Gasteiger partial charge on any atom is -0.482 e. The Labute approximate surface area is 119 Å². The molecule has 1 aromatic heterocycles. The number of amides is 1. The van der Waals surface area contributed by atoms with Crippen LogP contribution >= 0.6 is 0 Å². The lowest BCUT2D eigenvalue weighted by atomic mass is 10.2. The first-order valence-corrected chi connectivity index (χ1v) is 6.26. The van der Waals surface area contributed by atoms with Gasteiger partial charge in [-0.05, 0) is 18.2 Å². The van der Waals surface area contributed by atoms with Gasteiger partial charge in [0.1, 0.15) is 5.75 Å². The van der Waals surface area contributed by atoms with Crippen LogP contribution in [-0.2, 0) is 11.3 Å². The Balaban J connectivity index is 1.99. The van der Waals surface area contributed by atoms with E-state index in [0.717, 1.165) is 0 Å². The summed E-state index contributed by atoms with van der Waals surface area (Å²) in [6, 6.07) is 9.60. The zero-order valence-corrected chi connectivity index (χ0v) is 10.9. The number of carbonyl (C=O) groups is 1. The van der Waals surface area contributed by atoms with Crippen LogP contribution < -0.4 is 9.64 Å². The highest BCUT2D eigenvalue weighted by Gasteiger charge is 2.27. The number of hydrogen-bond acceptors (Lipinski definition) is 5. The summed E-state index contributed by atoms with van der Waals surface area (Å²) < 4.78 is 5.30. The maximum Gasteiger partial charge on any atom is 0.271 e.